The van der Waals surface area contributed by atoms with Crippen LogP contribution in [0.5, 0.6) is 0 Å². The summed E-state index contributed by atoms with van der Waals surface area (Å²) in [5.41, 5.74) is 8.26. The highest BCUT2D eigenvalue weighted by Crippen LogP contribution is 2.56. The van der Waals surface area contributed by atoms with Gasteiger partial charge in [0.15, 0.2) is 0 Å². The van der Waals surface area contributed by atoms with Crippen molar-refractivity contribution in [2.24, 2.45) is 17.1 Å². The van der Waals surface area contributed by atoms with Crippen LogP contribution in [-0.2, 0) is 6.42 Å². The molecule has 1 saturated heterocycles. The van der Waals surface area contributed by atoms with Crippen LogP contribution in [0, 0.1) is 11.3 Å². The number of hydrogen-bond donors (Lipinski definition) is 2. The molecular weight excluding hydrogens is 326 g/mol. The molecule has 0 amide bonds. The number of anilines is 1. The fourth-order valence-corrected chi connectivity index (χ4v) is 4.26. The molecule has 2 unspecified atom stereocenters. The summed E-state index contributed by atoms with van der Waals surface area (Å²) in [6, 6.07) is 10.00. The van der Waals surface area contributed by atoms with Crippen LogP contribution >= 0.6 is 0 Å². The predicted molar refractivity (Wildman–Crippen MR) is 104 cm³/mol. The molecule has 1 saturated carbocycles. The van der Waals surface area contributed by atoms with E-state index >= 15 is 0 Å². The summed E-state index contributed by atoms with van der Waals surface area (Å²) in [4.78, 5) is 18.6. The Labute approximate surface area is 154 Å². The summed E-state index contributed by atoms with van der Waals surface area (Å²) in [7, 11) is 1.75. The molecular formula is C20H27N5O. The third-order valence-electron chi connectivity index (χ3n) is 6.00. The van der Waals surface area contributed by atoms with Gasteiger partial charge in [-0.1, -0.05) is 12.1 Å². The average molecular weight is 353 g/mol. The molecule has 138 valence electrons. The van der Waals surface area contributed by atoms with Gasteiger partial charge >= 0.3 is 5.69 Å². The van der Waals surface area contributed by atoms with E-state index in [4.69, 9.17) is 5.73 Å². The van der Waals surface area contributed by atoms with Gasteiger partial charge < -0.3 is 16.0 Å². The molecule has 3 N–H and O–H groups in total. The summed E-state index contributed by atoms with van der Waals surface area (Å²) in [6.45, 7) is 4.41. The lowest BCUT2D eigenvalue weighted by Gasteiger charge is -2.19. The number of piperidine rings is 1. The highest BCUT2D eigenvalue weighted by atomic mass is 16.1. The van der Waals surface area contributed by atoms with Crippen molar-refractivity contribution in [2.45, 2.75) is 19.3 Å². The van der Waals surface area contributed by atoms with Crippen LogP contribution in [0.4, 0.5) is 5.82 Å². The van der Waals surface area contributed by atoms with Crippen molar-refractivity contribution in [3.8, 4) is 5.69 Å². The summed E-state index contributed by atoms with van der Waals surface area (Å²) in [5, 5.41) is 2.88. The Morgan fingerprint density at radius 3 is 2.77 bits per heavy atom. The minimum atomic E-state index is -0.272. The largest absolute Gasteiger partial charge is 0.373 e. The molecule has 26 heavy (non-hydrogen) atoms. The van der Waals surface area contributed by atoms with Gasteiger partial charge in [0, 0.05) is 26.3 Å². The second-order valence-electron chi connectivity index (χ2n) is 7.69. The molecule has 4 rings (SSSR count). The van der Waals surface area contributed by atoms with Crippen LogP contribution in [-0.4, -0.2) is 47.7 Å². The van der Waals surface area contributed by atoms with Gasteiger partial charge in [-0.15, -0.1) is 0 Å². The van der Waals surface area contributed by atoms with Crippen LogP contribution < -0.4 is 16.7 Å². The van der Waals surface area contributed by atoms with Crippen molar-refractivity contribution in [1.29, 1.82) is 0 Å². The quantitative estimate of drug-likeness (QED) is 0.789. The van der Waals surface area contributed by atoms with Crippen LogP contribution in [0.1, 0.15) is 18.4 Å². The lowest BCUT2D eigenvalue weighted by atomic mass is 10.1. The molecule has 6 nitrogen and oxygen atoms in total. The van der Waals surface area contributed by atoms with Gasteiger partial charge in [0.25, 0.3) is 0 Å². The highest BCUT2D eigenvalue weighted by Gasteiger charge is 2.58. The number of benzene rings is 1. The Hall–Kier alpha value is -2.18. The number of hydrogen-bond acceptors (Lipinski definition) is 5. The standard InChI is InChI=1S/C20H27N5O/c1-22-18-8-10-25(19(26)23-18)17-6-4-15(5-7-17)3-2-9-24-12-16-11-20(16,13-21)14-24/h4-8,10,16H,2-3,9,11-14,21H2,1H3,(H,22,23,26). The Morgan fingerprint density at radius 2 is 2.12 bits per heavy atom. The fourth-order valence-electron chi connectivity index (χ4n) is 4.26. The minimum Gasteiger partial charge on any atom is -0.373 e. The zero-order valence-corrected chi connectivity index (χ0v) is 15.3. The summed E-state index contributed by atoms with van der Waals surface area (Å²) >= 11 is 0. The number of nitrogens with two attached hydrogens (primary N) is 1. The third-order valence-corrected chi connectivity index (χ3v) is 6.00. The molecule has 2 atom stereocenters. The summed E-state index contributed by atoms with van der Waals surface area (Å²) in [5.74, 6) is 1.44. The van der Waals surface area contributed by atoms with Gasteiger partial charge in [-0.05, 0) is 67.4 Å². The van der Waals surface area contributed by atoms with E-state index in [1.807, 2.05) is 12.1 Å². The second-order valence-corrected chi connectivity index (χ2v) is 7.69. The zero-order chi connectivity index (χ0) is 18.1. The van der Waals surface area contributed by atoms with E-state index in [9.17, 15) is 4.79 Å². The number of nitrogens with zero attached hydrogens (tertiary/aromatic N) is 3. The maximum absolute atomic E-state index is 12.1. The number of fused-ring (bicyclic) bond motifs is 1. The molecule has 2 aliphatic rings. The van der Waals surface area contributed by atoms with E-state index in [1.165, 1.54) is 25.1 Å². The molecule has 0 bridgehead atoms. The topological polar surface area (TPSA) is 76.2 Å². The van der Waals surface area contributed by atoms with Crippen molar-refractivity contribution >= 4 is 5.82 Å². The lowest BCUT2D eigenvalue weighted by molar-refractivity contribution is 0.279. The van der Waals surface area contributed by atoms with Gasteiger partial charge in [0.05, 0.1) is 5.69 Å². The van der Waals surface area contributed by atoms with Crippen molar-refractivity contribution in [3.63, 3.8) is 0 Å². The normalized spacial score (nSPS) is 24.5. The van der Waals surface area contributed by atoms with Crippen molar-refractivity contribution < 1.29 is 0 Å². The first-order chi connectivity index (χ1) is 12.6. The number of aryl methyl sites for hydroxylation is 1. The third kappa shape index (κ3) is 3.27. The predicted octanol–water partition coefficient (Wildman–Crippen LogP) is 1.49. The van der Waals surface area contributed by atoms with Gasteiger partial charge in [-0.2, -0.15) is 4.98 Å². The average Bonchev–Trinajstić information content (AvgIpc) is 3.23. The number of likely N-dealkylation sites (tertiary alicyclic amines) is 1. The van der Waals surface area contributed by atoms with E-state index in [-0.39, 0.29) is 5.69 Å². The van der Waals surface area contributed by atoms with Crippen molar-refractivity contribution in [2.75, 3.05) is 38.5 Å². The van der Waals surface area contributed by atoms with E-state index < -0.39 is 0 Å². The van der Waals surface area contributed by atoms with Crippen LogP contribution in [0.15, 0.2) is 41.3 Å². The molecule has 0 spiro atoms. The van der Waals surface area contributed by atoms with Gasteiger partial charge in [-0.3, -0.25) is 4.57 Å². The van der Waals surface area contributed by atoms with E-state index in [0.717, 1.165) is 37.5 Å². The summed E-state index contributed by atoms with van der Waals surface area (Å²) < 4.78 is 1.56. The minimum absolute atomic E-state index is 0.272. The number of aromatic nitrogens is 2. The summed E-state index contributed by atoms with van der Waals surface area (Å²) in [6.07, 6.45) is 5.31. The van der Waals surface area contributed by atoms with E-state index in [0.29, 0.717) is 11.2 Å². The Bertz CT molecular complexity index is 827. The van der Waals surface area contributed by atoms with Crippen molar-refractivity contribution in [3.05, 3.63) is 52.6 Å². The Morgan fingerprint density at radius 1 is 1.31 bits per heavy atom. The van der Waals surface area contributed by atoms with Gasteiger partial charge in [0.1, 0.15) is 5.82 Å². The van der Waals surface area contributed by atoms with E-state index in [1.54, 1.807) is 23.9 Å². The van der Waals surface area contributed by atoms with Crippen molar-refractivity contribution in [1.82, 2.24) is 14.5 Å². The van der Waals surface area contributed by atoms with Crippen LogP contribution in [0.3, 0.4) is 0 Å². The first-order valence-corrected chi connectivity index (χ1v) is 9.43. The zero-order valence-electron chi connectivity index (χ0n) is 15.3. The first-order valence-electron chi connectivity index (χ1n) is 9.43. The molecule has 1 aliphatic heterocycles. The Balaban J connectivity index is 1.31. The first kappa shape index (κ1) is 17.2. The van der Waals surface area contributed by atoms with Crippen LogP contribution in [0.2, 0.25) is 0 Å². The molecule has 1 aromatic carbocycles. The monoisotopic (exact) mass is 353 g/mol. The van der Waals surface area contributed by atoms with E-state index in [2.05, 4.69) is 27.3 Å². The fraction of sp³-hybridized carbons (Fsp3) is 0.500. The molecule has 1 aliphatic carbocycles. The van der Waals surface area contributed by atoms with Crippen LogP contribution in [0.25, 0.3) is 5.69 Å². The second kappa shape index (κ2) is 6.85. The lowest BCUT2D eigenvalue weighted by Crippen LogP contribution is -2.29. The Kier molecular flexibility index (Phi) is 4.54. The molecule has 6 heteroatoms. The SMILES string of the molecule is CNc1ccn(-c2ccc(CCCN3CC4CC4(CN)C3)cc2)c(=O)n1. The smallest absolute Gasteiger partial charge is 0.354 e. The maximum atomic E-state index is 12.1. The van der Waals surface area contributed by atoms with Gasteiger partial charge in [-0.25, -0.2) is 4.79 Å². The molecule has 2 heterocycles. The molecule has 2 fully saturated rings. The maximum Gasteiger partial charge on any atom is 0.354 e. The molecule has 1 aromatic heterocycles. The number of nitrogens with one attached hydrogen (secondary N) is 1. The molecule has 2 aromatic rings. The highest BCUT2D eigenvalue weighted by molar-refractivity contribution is 5.37. The molecule has 0 radical (unpaired) electrons. The van der Waals surface area contributed by atoms with Gasteiger partial charge in [0.2, 0.25) is 0 Å². The number of rotatable bonds is 7.